The van der Waals surface area contributed by atoms with Gasteiger partial charge in [0.2, 0.25) is 5.95 Å². The second kappa shape index (κ2) is 11.5. The van der Waals surface area contributed by atoms with Gasteiger partial charge in [0.15, 0.2) is 0 Å². The average Bonchev–Trinajstić information content (AvgIpc) is 2.64. The molecule has 0 unspecified atom stereocenters. The van der Waals surface area contributed by atoms with Gasteiger partial charge >= 0.3 is 0 Å². The Hall–Kier alpha value is -2.34. The summed E-state index contributed by atoms with van der Waals surface area (Å²) in [5.41, 5.74) is 14.8. The van der Waals surface area contributed by atoms with Crippen molar-refractivity contribution in [2.24, 2.45) is 0 Å². The van der Waals surface area contributed by atoms with Crippen LogP contribution in [-0.2, 0) is 12.8 Å². The third kappa shape index (κ3) is 7.35. The average molecular weight is 386 g/mol. The second-order valence-corrected chi connectivity index (χ2v) is 7.56. The lowest BCUT2D eigenvalue weighted by Crippen LogP contribution is -2.15. The number of hydrogen-bond donors (Lipinski definition) is 2. The number of ether oxygens (including phenoxy) is 1. The molecule has 2 rings (SSSR count). The van der Waals surface area contributed by atoms with Gasteiger partial charge < -0.3 is 21.1 Å². The molecule has 0 bridgehead atoms. The Labute approximate surface area is 169 Å². The third-order valence-electron chi connectivity index (χ3n) is 4.87. The van der Waals surface area contributed by atoms with E-state index in [1.54, 1.807) is 0 Å². The van der Waals surface area contributed by atoms with Gasteiger partial charge in [0.25, 0.3) is 0 Å². The van der Waals surface area contributed by atoms with Crippen LogP contribution in [0.25, 0.3) is 0 Å². The number of nitrogen functional groups attached to an aromatic ring is 2. The second-order valence-electron chi connectivity index (χ2n) is 7.56. The number of nitrogens with two attached hydrogens (primary N) is 2. The molecule has 0 saturated carbocycles. The molecular weight excluding hydrogens is 350 g/mol. The predicted molar refractivity (Wildman–Crippen MR) is 117 cm³/mol. The van der Waals surface area contributed by atoms with Crippen molar-refractivity contribution in [1.82, 2.24) is 14.9 Å². The standard InChI is InChI=1S/C22H35N5O/c1-17-19(21(23)26-22(24)25-17)13-7-5-4-6-11-18-12-8-9-14-20(18)28-16-10-15-27(2)3/h8-9,12,14H,4-7,10-11,13,15-16H2,1-3H3,(H4,23,24,25,26). The van der Waals surface area contributed by atoms with Crippen LogP contribution in [-0.4, -0.2) is 42.1 Å². The summed E-state index contributed by atoms with van der Waals surface area (Å²) in [6.07, 6.45) is 7.59. The van der Waals surface area contributed by atoms with E-state index in [4.69, 9.17) is 16.2 Å². The topological polar surface area (TPSA) is 90.3 Å². The lowest BCUT2D eigenvalue weighted by atomic mass is 10.0. The quantitative estimate of drug-likeness (QED) is 0.542. The molecule has 1 heterocycles. The monoisotopic (exact) mass is 385 g/mol. The van der Waals surface area contributed by atoms with Crippen LogP contribution in [0.2, 0.25) is 0 Å². The maximum absolute atomic E-state index is 5.99. The van der Waals surface area contributed by atoms with Crippen molar-refractivity contribution in [3.8, 4) is 5.75 Å². The van der Waals surface area contributed by atoms with Gasteiger partial charge in [-0.25, -0.2) is 4.98 Å². The van der Waals surface area contributed by atoms with E-state index in [1.165, 1.54) is 12.0 Å². The molecule has 6 heteroatoms. The van der Waals surface area contributed by atoms with E-state index >= 15 is 0 Å². The summed E-state index contributed by atoms with van der Waals surface area (Å²) in [7, 11) is 4.17. The van der Waals surface area contributed by atoms with Crippen LogP contribution >= 0.6 is 0 Å². The molecule has 0 amide bonds. The fraction of sp³-hybridized carbons (Fsp3) is 0.545. The number of aryl methyl sites for hydroxylation is 2. The van der Waals surface area contributed by atoms with Gasteiger partial charge in [-0.05, 0) is 64.8 Å². The molecule has 1 aromatic heterocycles. The van der Waals surface area contributed by atoms with Crippen LogP contribution in [0, 0.1) is 6.92 Å². The number of unbranched alkanes of at least 4 members (excludes halogenated alkanes) is 3. The Bertz CT molecular complexity index is 710. The summed E-state index contributed by atoms with van der Waals surface area (Å²) in [4.78, 5) is 10.5. The SMILES string of the molecule is Cc1nc(N)nc(N)c1CCCCCCc1ccccc1OCCCN(C)C. The fourth-order valence-corrected chi connectivity index (χ4v) is 3.33. The lowest BCUT2D eigenvalue weighted by Gasteiger charge is -2.13. The van der Waals surface area contributed by atoms with Gasteiger partial charge in [-0.2, -0.15) is 4.98 Å². The Balaban J connectivity index is 1.70. The molecule has 0 saturated heterocycles. The van der Waals surface area contributed by atoms with Gasteiger partial charge in [0.05, 0.1) is 6.61 Å². The number of rotatable bonds is 12. The highest BCUT2D eigenvalue weighted by atomic mass is 16.5. The number of para-hydroxylation sites is 1. The smallest absolute Gasteiger partial charge is 0.222 e. The maximum Gasteiger partial charge on any atom is 0.222 e. The molecule has 1 aromatic carbocycles. The molecule has 0 aliphatic heterocycles. The molecule has 0 atom stereocenters. The third-order valence-corrected chi connectivity index (χ3v) is 4.87. The zero-order valence-corrected chi connectivity index (χ0v) is 17.6. The molecule has 0 fully saturated rings. The van der Waals surface area contributed by atoms with Crippen molar-refractivity contribution in [2.45, 2.75) is 51.9 Å². The van der Waals surface area contributed by atoms with Crippen molar-refractivity contribution >= 4 is 11.8 Å². The first kappa shape index (κ1) is 22.0. The Morgan fingerprint density at radius 2 is 1.64 bits per heavy atom. The van der Waals surface area contributed by atoms with E-state index in [2.05, 4.69) is 47.2 Å². The molecule has 2 aromatic rings. The zero-order valence-electron chi connectivity index (χ0n) is 17.6. The summed E-state index contributed by atoms with van der Waals surface area (Å²) >= 11 is 0. The lowest BCUT2D eigenvalue weighted by molar-refractivity contribution is 0.279. The van der Waals surface area contributed by atoms with E-state index < -0.39 is 0 Å². The number of anilines is 2. The van der Waals surface area contributed by atoms with E-state index in [9.17, 15) is 0 Å². The molecule has 6 nitrogen and oxygen atoms in total. The van der Waals surface area contributed by atoms with Crippen LogP contribution in [0.15, 0.2) is 24.3 Å². The van der Waals surface area contributed by atoms with E-state index in [1.807, 2.05) is 13.0 Å². The van der Waals surface area contributed by atoms with Gasteiger partial charge in [0.1, 0.15) is 11.6 Å². The molecular formula is C22H35N5O. The largest absolute Gasteiger partial charge is 0.493 e. The van der Waals surface area contributed by atoms with Gasteiger partial charge in [-0.3, -0.25) is 0 Å². The minimum atomic E-state index is 0.251. The Kier molecular flexibility index (Phi) is 9.01. The summed E-state index contributed by atoms with van der Waals surface area (Å²) in [6.45, 7) is 3.75. The number of benzene rings is 1. The summed E-state index contributed by atoms with van der Waals surface area (Å²) < 4.78 is 5.99. The van der Waals surface area contributed by atoms with Crippen LogP contribution in [0.3, 0.4) is 0 Å². The normalized spacial score (nSPS) is 11.1. The first-order valence-electron chi connectivity index (χ1n) is 10.2. The number of hydrogen-bond acceptors (Lipinski definition) is 6. The summed E-state index contributed by atoms with van der Waals surface area (Å²) in [6, 6.07) is 8.40. The Morgan fingerprint density at radius 3 is 2.36 bits per heavy atom. The highest BCUT2D eigenvalue weighted by molar-refractivity contribution is 5.45. The van der Waals surface area contributed by atoms with Crippen LogP contribution in [0.5, 0.6) is 5.75 Å². The zero-order chi connectivity index (χ0) is 20.4. The minimum absolute atomic E-state index is 0.251. The fourth-order valence-electron chi connectivity index (χ4n) is 3.33. The van der Waals surface area contributed by atoms with E-state index in [0.29, 0.717) is 5.82 Å². The van der Waals surface area contributed by atoms with Crippen molar-refractivity contribution in [3.63, 3.8) is 0 Å². The maximum atomic E-state index is 5.99. The predicted octanol–water partition coefficient (Wildman–Crippen LogP) is 3.63. The molecule has 0 aliphatic carbocycles. The van der Waals surface area contributed by atoms with Gasteiger partial charge in [-0.15, -0.1) is 0 Å². The first-order valence-corrected chi connectivity index (χ1v) is 10.2. The number of aromatic nitrogens is 2. The molecule has 0 spiro atoms. The molecule has 0 radical (unpaired) electrons. The Morgan fingerprint density at radius 1 is 0.929 bits per heavy atom. The van der Waals surface area contributed by atoms with Crippen molar-refractivity contribution in [3.05, 3.63) is 41.1 Å². The highest BCUT2D eigenvalue weighted by Gasteiger charge is 2.08. The minimum Gasteiger partial charge on any atom is -0.493 e. The van der Waals surface area contributed by atoms with Crippen LogP contribution < -0.4 is 16.2 Å². The van der Waals surface area contributed by atoms with Crippen molar-refractivity contribution in [2.75, 3.05) is 38.7 Å². The molecule has 0 aliphatic rings. The van der Waals surface area contributed by atoms with Crippen molar-refractivity contribution < 1.29 is 4.74 Å². The van der Waals surface area contributed by atoms with Gasteiger partial charge in [-0.1, -0.05) is 31.0 Å². The molecule has 28 heavy (non-hydrogen) atoms. The molecule has 154 valence electrons. The molecule has 4 N–H and O–H groups in total. The van der Waals surface area contributed by atoms with Crippen LogP contribution in [0.4, 0.5) is 11.8 Å². The van der Waals surface area contributed by atoms with Gasteiger partial charge in [0, 0.05) is 17.8 Å². The summed E-state index contributed by atoms with van der Waals surface area (Å²) in [5.74, 6) is 1.80. The van der Waals surface area contributed by atoms with Crippen LogP contribution in [0.1, 0.15) is 48.9 Å². The highest BCUT2D eigenvalue weighted by Crippen LogP contribution is 2.22. The van der Waals surface area contributed by atoms with Crippen molar-refractivity contribution in [1.29, 1.82) is 0 Å². The summed E-state index contributed by atoms with van der Waals surface area (Å²) in [5, 5.41) is 0. The number of nitrogens with zero attached hydrogens (tertiary/aromatic N) is 3. The van der Waals surface area contributed by atoms with E-state index in [-0.39, 0.29) is 5.95 Å². The first-order chi connectivity index (χ1) is 13.5. The van der Waals surface area contributed by atoms with E-state index in [0.717, 1.165) is 68.7 Å².